The van der Waals surface area contributed by atoms with Crippen molar-refractivity contribution in [1.29, 1.82) is 0 Å². The largest absolute Gasteiger partial charge is 0.381 e. The molecule has 0 amide bonds. The molecule has 5 heteroatoms. The first-order valence-electron chi connectivity index (χ1n) is 7.45. The summed E-state index contributed by atoms with van der Waals surface area (Å²) >= 11 is 0. The van der Waals surface area contributed by atoms with Crippen LogP contribution in [0.25, 0.3) is 0 Å². The van der Waals surface area contributed by atoms with Gasteiger partial charge in [-0.05, 0) is 18.9 Å². The predicted octanol–water partition coefficient (Wildman–Crippen LogP) is 0.703. The zero-order valence-corrected chi connectivity index (χ0v) is 13.1. The van der Waals surface area contributed by atoms with Gasteiger partial charge in [0.2, 0.25) is 0 Å². The minimum absolute atomic E-state index is 0.272. The van der Waals surface area contributed by atoms with Crippen molar-refractivity contribution in [2.24, 2.45) is 11.3 Å². The van der Waals surface area contributed by atoms with E-state index < -0.39 is 10.8 Å². The Morgan fingerprint density at radius 1 is 1.37 bits per heavy atom. The van der Waals surface area contributed by atoms with Crippen LogP contribution in [0.2, 0.25) is 0 Å². The first-order valence-corrected chi connectivity index (χ1v) is 8.94. The number of nitrogens with zero attached hydrogens (tertiary/aromatic N) is 1. The molecule has 2 aliphatic rings. The fourth-order valence-electron chi connectivity index (χ4n) is 2.90. The lowest BCUT2D eigenvalue weighted by Gasteiger charge is -2.36. The summed E-state index contributed by atoms with van der Waals surface area (Å²) in [6.07, 6.45) is 1.15. The van der Waals surface area contributed by atoms with Gasteiger partial charge in [-0.15, -0.1) is 0 Å². The number of hydrogen-bond acceptors (Lipinski definition) is 4. The highest BCUT2D eigenvalue weighted by molar-refractivity contribution is 7.85. The summed E-state index contributed by atoms with van der Waals surface area (Å²) in [4.78, 5) is 2.48. The van der Waals surface area contributed by atoms with E-state index in [0.717, 1.165) is 63.9 Å². The van der Waals surface area contributed by atoms with Gasteiger partial charge in [0.05, 0.1) is 6.61 Å². The first-order chi connectivity index (χ1) is 9.10. The van der Waals surface area contributed by atoms with Crippen LogP contribution in [0.4, 0.5) is 0 Å². The SMILES string of the molecule is CC(C)CNCC1(CN2CCS(=O)CC2)CCOC1. The smallest absolute Gasteiger partial charge is 0.0547 e. The van der Waals surface area contributed by atoms with Crippen molar-refractivity contribution in [3.8, 4) is 0 Å². The quantitative estimate of drug-likeness (QED) is 0.781. The average Bonchev–Trinajstić information content (AvgIpc) is 2.81. The van der Waals surface area contributed by atoms with Gasteiger partial charge in [0.25, 0.3) is 0 Å². The average molecular weight is 288 g/mol. The molecule has 0 aromatic heterocycles. The van der Waals surface area contributed by atoms with E-state index in [2.05, 4.69) is 24.1 Å². The lowest BCUT2D eigenvalue weighted by Crippen LogP contribution is -2.49. The molecule has 0 saturated carbocycles. The van der Waals surface area contributed by atoms with Gasteiger partial charge in [0, 0.05) is 60.5 Å². The molecule has 4 nitrogen and oxygen atoms in total. The van der Waals surface area contributed by atoms with Crippen LogP contribution >= 0.6 is 0 Å². The molecule has 2 rings (SSSR count). The maximum atomic E-state index is 11.4. The zero-order valence-electron chi connectivity index (χ0n) is 12.3. The Hall–Kier alpha value is 0.0300. The number of rotatable bonds is 6. The highest BCUT2D eigenvalue weighted by atomic mass is 32.2. The molecule has 2 heterocycles. The highest BCUT2D eigenvalue weighted by Crippen LogP contribution is 2.29. The molecular weight excluding hydrogens is 260 g/mol. The summed E-state index contributed by atoms with van der Waals surface area (Å²) in [5.41, 5.74) is 0.272. The molecule has 1 unspecified atom stereocenters. The van der Waals surface area contributed by atoms with Crippen molar-refractivity contribution in [2.75, 3.05) is 57.4 Å². The molecular formula is C14H28N2O2S. The lowest BCUT2D eigenvalue weighted by molar-refractivity contribution is 0.112. The third kappa shape index (κ3) is 4.81. The van der Waals surface area contributed by atoms with Gasteiger partial charge in [-0.25, -0.2) is 0 Å². The van der Waals surface area contributed by atoms with Gasteiger partial charge >= 0.3 is 0 Å². The van der Waals surface area contributed by atoms with Crippen LogP contribution < -0.4 is 5.32 Å². The Bertz CT molecular complexity index is 294. The fourth-order valence-corrected chi connectivity index (χ4v) is 4.03. The van der Waals surface area contributed by atoms with E-state index in [1.807, 2.05) is 0 Å². The van der Waals surface area contributed by atoms with Crippen LogP contribution in [0.15, 0.2) is 0 Å². The molecule has 2 saturated heterocycles. The summed E-state index contributed by atoms with van der Waals surface area (Å²) in [6.45, 7) is 11.4. The molecule has 112 valence electrons. The van der Waals surface area contributed by atoms with Gasteiger partial charge in [-0.2, -0.15) is 0 Å². The minimum atomic E-state index is -0.578. The summed E-state index contributed by atoms with van der Waals surface area (Å²) in [6, 6.07) is 0. The normalized spacial score (nSPS) is 30.3. The molecule has 0 radical (unpaired) electrons. The second-order valence-corrected chi connectivity index (χ2v) is 8.15. The Balaban J connectivity index is 1.82. The van der Waals surface area contributed by atoms with Gasteiger partial charge in [0.15, 0.2) is 0 Å². The Morgan fingerprint density at radius 2 is 2.11 bits per heavy atom. The molecule has 0 spiro atoms. The number of hydrogen-bond donors (Lipinski definition) is 1. The first kappa shape index (κ1) is 15.4. The summed E-state index contributed by atoms with van der Waals surface area (Å²) in [5, 5.41) is 3.60. The summed E-state index contributed by atoms with van der Waals surface area (Å²) < 4.78 is 17.1. The maximum absolute atomic E-state index is 11.4. The van der Waals surface area contributed by atoms with E-state index in [0.29, 0.717) is 5.92 Å². The molecule has 0 aliphatic carbocycles. The zero-order chi connectivity index (χ0) is 13.7. The third-order valence-corrected chi connectivity index (χ3v) is 5.34. The Labute approximate surface area is 119 Å². The van der Waals surface area contributed by atoms with Crippen LogP contribution in [0.5, 0.6) is 0 Å². The summed E-state index contributed by atoms with van der Waals surface area (Å²) in [5.74, 6) is 2.38. The van der Waals surface area contributed by atoms with Gasteiger partial charge in [-0.1, -0.05) is 13.8 Å². The van der Waals surface area contributed by atoms with Crippen LogP contribution in [0, 0.1) is 11.3 Å². The monoisotopic (exact) mass is 288 g/mol. The maximum Gasteiger partial charge on any atom is 0.0547 e. The lowest BCUT2D eigenvalue weighted by atomic mass is 9.86. The van der Waals surface area contributed by atoms with Crippen LogP contribution in [-0.4, -0.2) is 66.6 Å². The van der Waals surface area contributed by atoms with E-state index >= 15 is 0 Å². The molecule has 1 N–H and O–H groups in total. The van der Waals surface area contributed by atoms with Crippen molar-refractivity contribution in [3.63, 3.8) is 0 Å². The van der Waals surface area contributed by atoms with Crippen molar-refractivity contribution in [3.05, 3.63) is 0 Å². The molecule has 2 aliphatic heterocycles. The molecule has 2 fully saturated rings. The van der Waals surface area contributed by atoms with Crippen LogP contribution in [0.1, 0.15) is 20.3 Å². The van der Waals surface area contributed by atoms with Crippen molar-refractivity contribution >= 4 is 10.8 Å². The third-order valence-electron chi connectivity index (χ3n) is 4.07. The van der Waals surface area contributed by atoms with E-state index in [9.17, 15) is 4.21 Å². The summed E-state index contributed by atoms with van der Waals surface area (Å²) in [7, 11) is -0.578. The Kier molecular flexibility index (Phi) is 5.81. The van der Waals surface area contributed by atoms with E-state index in [1.54, 1.807) is 0 Å². The molecule has 1 atom stereocenters. The van der Waals surface area contributed by atoms with Gasteiger partial charge < -0.3 is 15.0 Å². The van der Waals surface area contributed by atoms with E-state index in [-0.39, 0.29) is 5.41 Å². The molecule has 19 heavy (non-hydrogen) atoms. The van der Waals surface area contributed by atoms with Crippen molar-refractivity contribution < 1.29 is 8.95 Å². The predicted molar refractivity (Wildman–Crippen MR) is 79.9 cm³/mol. The fraction of sp³-hybridized carbons (Fsp3) is 1.00. The second-order valence-electron chi connectivity index (χ2n) is 6.45. The van der Waals surface area contributed by atoms with Gasteiger partial charge in [-0.3, -0.25) is 4.21 Å². The number of ether oxygens (including phenoxy) is 1. The highest BCUT2D eigenvalue weighted by Gasteiger charge is 2.36. The number of nitrogens with one attached hydrogen (secondary N) is 1. The van der Waals surface area contributed by atoms with Gasteiger partial charge in [0.1, 0.15) is 0 Å². The topological polar surface area (TPSA) is 41.6 Å². The van der Waals surface area contributed by atoms with E-state index in [1.165, 1.54) is 0 Å². The van der Waals surface area contributed by atoms with Crippen LogP contribution in [0.3, 0.4) is 0 Å². The second kappa shape index (κ2) is 7.16. The van der Waals surface area contributed by atoms with E-state index in [4.69, 9.17) is 4.74 Å². The molecule has 0 bridgehead atoms. The molecule has 0 aromatic carbocycles. The van der Waals surface area contributed by atoms with Crippen molar-refractivity contribution in [2.45, 2.75) is 20.3 Å². The van der Waals surface area contributed by atoms with Crippen molar-refractivity contribution in [1.82, 2.24) is 10.2 Å². The Morgan fingerprint density at radius 3 is 2.68 bits per heavy atom. The van der Waals surface area contributed by atoms with Crippen LogP contribution in [-0.2, 0) is 15.5 Å². The minimum Gasteiger partial charge on any atom is -0.381 e. The molecule has 0 aromatic rings. The standard InChI is InChI=1S/C14H28N2O2S/c1-13(2)9-15-10-14(3-6-18-12-14)11-16-4-7-19(17)8-5-16/h13,15H,3-12H2,1-2H3.